The Kier molecular flexibility index (Phi) is 5.21. The average molecular weight is 284 g/mol. The highest BCUT2D eigenvalue weighted by Gasteiger charge is 2.20. The van der Waals surface area contributed by atoms with Crippen LogP contribution in [0.15, 0.2) is 12.1 Å². The fourth-order valence-corrected chi connectivity index (χ4v) is 2.60. The zero-order valence-electron chi connectivity index (χ0n) is 12.1. The lowest BCUT2D eigenvalue weighted by atomic mass is 9.83. The molecule has 0 bridgehead atoms. The van der Waals surface area contributed by atoms with Gasteiger partial charge in [0, 0.05) is 0 Å². The molecule has 0 heterocycles. The Bertz CT molecular complexity index is 440. The maximum absolute atomic E-state index is 13.8. The molecule has 1 aromatic carbocycles. The van der Waals surface area contributed by atoms with Crippen molar-refractivity contribution in [1.29, 1.82) is 0 Å². The Balaban J connectivity index is 1.94. The smallest absolute Gasteiger partial charge is 0.204 e. The van der Waals surface area contributed by atoms with E-state index in [4.69, 9.17) is 9.47 Å². The number of ether oxygens (including phenoxy) is 2. The van der Waals surface area contributed by atoms with Crippen molar-refractivity contribution in [3.63, 3.8) is 0 Å². The topological polar surface area (TPSA) is 18.5 Å². The van der Waals surface area contributed by atoms with Crippen LogP contribution >= 0.6 is 0 Å². The maximum Gasteiger partial charge on any atom is 0.204 e. The van der Waals surface area contributed by atoms with E-state index < -0.39 is 11.6 Å². The number of benzene rings is 1. The van der Waals surface area contributed by atoms with Gasteiger partial charge in [0.2, 0.25) is 11.6 Å². The van der Waals surface area contributed by atoms with Gasteiger partial charge in [0.1, 0.15) is 0 Å². The molecule has 1 aliphatic carbocycles. The zero-order chi connectivity index (χ0) is 14.5. The molecule has 20 heavy (non-hydrogen) atoms. The molecule has 0 amide bonds. The molecule has 1 aromatic rings. The molecule has 4 heteroatoms. The van der Waals surface area contributed by atoms with Gasteiger partial charge in [0.15, 0.2) is 11.5 Å². The first-order chi connectivity index (χ1) is 9.61. The Morgan fingerprint density at radius 2 is 1.55 bits per heavy atom. The van der Waals surface area contributed by atoms with Crippen LogP contribution in [0.3, 0.4) is 0 Å². The van der Waals surface area contributed by atoms with Crippen LogP contribution in [0.5, 0.6) is 11.5 Å². The minimum atomic E-state index is -0.971. The highest BCUT2D eigenvalue weighted by Crippen LogP contribution is 2.31. The first-order valence-corrected chi connectivity index (χ1v) is 7.35. The van der Waals surface area contributed by atoms with E-state index in [0.29, 0.717) is 19.1 Å². The van der Waals surface area contributed by atoms with E-state index in [9.17, 15) is 8.78 Å². The van der Waals surface area contributed by atoms with Crippen LogP contribution in [0.25, 0.3) is 0 Å². The van der Waals surface area contributed by atoms with E-state index in [1.807, 2.05) is 0 Å². The van der Waals surface area contributed by atoms with Gasteiger partial charge >= 0.3 is 0 Å². The van der Waals surface area contributed by atoms with Gasteiger partial charge in [-0.2, -0.15) is 8.78 Å². The third-order valence-electron chi connectivity index (χ3n) is 3.92. The largest absolute Gasteiger partial charge is 0.491 e. The second-order valence-electron chi connectivity index (χ2n) is 5.56. The molecule has 0 aromatic heterocycles. The van der Waals surface area contributed by atoms with Crippen molar-refractivity contribution < 1.29 is 18.3 Å². The van der Waals surface area contributed by atoms with E-state index in [1.165, 1.54) is 25.0 Å². The lowest BCUT2D eigenvalue weighted by Gasteiger charge is -2.26. The predicted octanol–water partition coefficient (Wildman–Crippen LogP) is 4.57. The first-order valence-electron chi connectivity index (χ1n) is 7.35. The zero-order valence-corrected chi connectivity index (χ0v) is 12.1. The summed E-state index contributed by atoms with van der Waals surface area (Å²) < 4.78 is 38.0. The molecule has 2 nitrogen and oxygen atoms in total. The molecule has 112 valence electrons. The van der Waals surface area contributed by atoms with Gasteiger partial charge in [-0.3, -0.25) is 0 Å². The van der Waals surface area contributed by atoms with Crippen molar-refractivity contribution in [2.24, 2.45) is 11.8 Å². The summed E-state index contributed by atoms with van der Waals surface area (Å²) in [7, 11) is 0. The van der Waals surface area contributed by atoms with Gasteiger partial charge < -0.3 is 9.47 Å². The molecule has 0 atom stereocenters. The Morgan fingerprint density at radius 3 is 2.10 bits per heavy atom. The van der Waals surface area contributed by atoms with Crippen molar-refractivity contribution in [1.82, 2.24) is 0 Å². The van der Waals surface area contributed by atoms with Crippen molar-refractivity contribution >= 4 is 0 Å². The molecule has 0 aliphatic heterocycles. The number of hydrogen-bond acceptors (Lipinski definition) is 2. The lowest BCUT2D eigenvalue weighted by Crippen LogP contribution is -2.19. The van der Waals surface area contributed by atoms with Crippen LogP contribution < -0.4 is 9.47 Å². The predicted molar refractivity (Wildman–Crippen MR) is 74.1 cm³/mol. The minimum Gasteiger partial charge on any atom is -0.491 e. The molecule has 0 spiro atoms. The summed E-state index contributed by atoms with van der Waals surface area (Å²) in [5.41, 5.74) is 0. The Labute approximate surface area is 119 Å². The average Bonchev–Trinajstić information content (AvgIpc) is 2.45. The summed E-state index contributed by atoms with van der Waals surface area (Å²) in [6.45, 7) is 4.73. The third-order valence-corrected chi connectivity index (χ3v) is 3.92. The fraction of sp³-hybridized carbons (Fsp3) is 0.625. The molecule has 0 N–H and O–H groups in total. The first kappa shape index (κ1) is 15.1. The van der Waals surface area contributed by atoms with Crippen LogP contribution in [0, 0.1) is 23.5 Å². The minimum absolute atomic E-state index is 0.0235. The van der Waals surface area contributed by atoms with Gasteiger partial charge in [-0.25, -0.2) is 0 Å². The third kappa shape index (κ3) is 3.62. The summed E-state index contributed by atoms with van der Waals surface area (Å²) in [5, 5.41) is 0. The van der Waals surface area contributed by atoms with Crippen molar-refractivity contribution in [2.45, 2.75) is 39.5 Å². The van der Waals surface area contributed by atoms with Crippen molar-refractivity contribution in [2.75, 3.05) is 13.2 Å². The molecule has 0 unspecified atom stereocenters. The van der Waals surface area contributed by atoms with Gasteiger partial charge in [0.25, 0.3) is 0 Å². The molecule has 0 radical (unpaired) electrons. The van der Waals surface area contributed by atoms with Crippen LogP contribution in [0.2, 0.25) is 0 Å². The second-order valence-corrected chi connectivity index (χ2v) is 5.56. The molecule has 0 saturated heterocycles. The van der Waals surface area contributed by atoms with Gasteiger partial charge in [-0.05, 0) is 43.7 Å². The van der Waals surface area contributed by atoms with Crippen molar-refractivity contribution in [3.05, 3.63) is 23.8 Å². The van der Waals surface area contributed by atoms with Crippen LogP contribution in [0.1, 0.15) is 39.5 Å². The van der Waals surface area contributed by atoms with E-state index in [-0.39, 0.29) is 11.5 Å². The Morgan fingerprint density at radius 1 is 1.00 bits per heavy atom. The quantitative estimate of drug-likeness (QED) is 0.788. The highest BCUT2D eigenvalue weighted by atomic mass is 19.2. The summed E-state index contributed by atoms with van der Waals surface area (Å²) >= 11 is 0. The summed E-state index contributed by atoms with van der Waals surface area (Å²) in [6.07, 6.45) is 4.58. The summed E-state index contributed by atoms with van der Waals surface area (Å²) in [5.74, 6) is -0.804. The molecule has 1 aliphatic rings. The standard InChI is InChI=1S/C16H22F2O2/c1-3-19-13-8-9-14(16(18)15(13)17)20-10-12-6-4-11(2)5-7-12/h8-9,11-12H,3-7,10H2,1-2H3. The molecule has 1 fully saturated rings. The van der Waals surface area contributed by atoms with E-state index >= 15 is 0 Å². The van der Waals surface area contributed by atoms with Gasteiger partial charge in [-0.15, -0.1) is 0 Å². The summed E-state index contributed by atoms with van der Waals surface area (Å²) in [4.78, 5) is 0. The normalized spacial score (nSPS) is 22.6. The lowest BCUT2D eigenvalue weighted by molar-refractivity contribution is 0.181. The van der Waals surface area contributed by atoms with Crippen LogP contribution in [-0.2, 0) is 0 Å². The van der Waals surface area contributed by atoms with Crippen molar-refractivity contribution in [3.8, 4) is 11.5 Å². The number of halogens is 2. The van der Waals surface area contributed by atoms with Gasteiger partial charge in [0.05, 0.1) is 13.2 Å². The van der Waals surface area contributed by atoms with Crippen LogP contribution in [-0.4, -0.2) is 13.2 Å². The molecule has 1 saturated carbocycles. The number of rotatable bonds is 5. The van der Waals surface area contributed by atoms with Gasteiger partial charge in [-0.1, -0.05) is 19.8 Å². The van der Waals surface area contributed by atoms with E-state index in [2.05, 4.69) is 6.92 Å². The Hall–Kier alpha value is -1.32. The highest BCUT2D eigenvalue weighted by molar-refractivity contribution is 5.35. The van der Waals surface area contributed by atoms with E-state index in [1.54, 1.807) is 6.92 Å². The molecule has 2 rings (SSSR count). The maximum atomic E-state index is 13.8. The number of hydrogen-bond donors (Lipinski definition) is 0. The second kappa shape index (κ2) is 6.91. The monoisotopic (exact) mass is 284 g/mol. The molecular formula is C16H22F2O2. The summed E-state index contributed by atoms with van der Waals surface area (Å²) in [6, 6.07) is 2.86. The SMILES string of the molecule is CCOc1ccc(OCC2CCC(C)CC2)c(F)c1F. The molecular weight excluding hydrogens is 262 g/mol. The fourth-order valence-electron chi connectivity index (χ4n) is 2.60. The van der Waals surface area contributed by atoms with E-state index in [0.717, 1.165) is 18.8 Å². The van der Waals surface area contributed by atoms with Crippen LogP contribution in [0.4, 0.5) is 8.78 Å².